The molecule has 0 aliphatic heterocycles. The fraction of sp³-hybridized carbons (Fsp3) is 0.435. The number of H-pyrrole nitrogens is 2. The Morgan fingerprint density at radius 3 is 2.66 bits per heavy atom. The molecule has 1 aromatic carbocycles. The molecule has 0 fully saturated rings. The van der Waals surface area contributed by atoms with E-state index in [1.807, 2.05) is 18.2 Å². The second kappa shape index (κ2) is 9.28. The zero-order valence-corrected chi connectivity index (χ0v) is 18.3. The summed E-state index contributed by atoms with van der Waals surface area (Å²) in [5.74, 6) is 0. The number of halogens is 3. The minimum Gasteiger partial charge on any atom is -0.298 e. The van der Waals surface area contributed by atoms with Gasteiger partial charge in [-0.3, -0.25) is 15.1 Å². The van der Waals surface area contributed by atoms with Crippen LogP contribution in [0.4, 0.5) is 18.9 Å². The van der Waals surface area contributed by atoms with E-state index in [-0.39, 0.29) is 5.56 Å². The SMILES string of the molecule is CCN(CC)Cc1[nH]nc2ccc(N=C(C3=CCCCC3)c3cn[nH]c3C(F)(F)F)cc12. The fourth-order valence-corrected chi connectivity index (χ4v) is 4.08. The summed E-state index contributed by atoms with van der Waals surface area (Å²) in [6.45, 7) is 6.74. The number of nitrogens with zero attached hydrogens (tertiary/aromatic N) is 4. The van der Waals surface area contributed by atoms with Crippen molar-refractivity contribution in [3.05, 3.63) is 53.0 Å². The highest BCUT2D eigenvalue weighted by Crippen LogP contribution is 2.34. The van der Waals surface area contributed by atoms with Crippen LogP contribution in [0.2, 0.25) is 0 Å². The van der Waals surface area contributed by atoms with Crippen LogP contribution in [0.1, 0.15) is 56.5 Å². The Hall–Kier alpha value is -2.94. The van der Waals surface area contributed by atoms with Crippen LogP contribution in [0.5, 0.6) is 0 Å². The number of hydrogen-bond donors (Lipinski definition) is 2. The average molecular weight is 445 g/mol. The van der Waals surface area contributed by atoms with E-state index in [1.54, 1.807) is 6.07 Å². The third-order valence-corrected chi connectivity index (χ3v) is 5.91. The second-order valence-electron chi connectivity index (χ2n) is 7.96. The predicted octanol–water partition coefficient (Wildman–Crippen LogP) is 5.77. The summed E-state index contributed by atoms with van der Waals surface area (Å²) >= 11 is 0. The third-order valence-electron chi connectivity index (χ3n) is 5.91. The predicted molar refractivity (Wildman–Crippen MR) is 119 cm³/mol. The first-order valence-corrected chi connectivity index (χ1v) is 11.0. The molecular weight excluding hydrogens is 417 g/mol. The standard InChI is InChI=1S/C23H27F3N6/c1-3-32(4-2)14-20-17-12-16(10-11-19(17)29-30-20)28-21(15-8-6-5-7-9-15)18-13-27-31-22(18)23(24,25)26/h8,10-13H,3-7,9,14H2,1-2H3,(H,27,31)(H,29,30). The van der Waals surface area contributed by atoms with Crippen LogP contribution in [0.15, 0.2) is 41.0 Å². The molecule has 0 atom stereocenters. The van der Waals surface area contributed by atoms with Crippen molar-refractivity contribution in [2.45, 2.75) is 52.3 Å². The van der Waals surface area contributed by atoms with Crippen molar-refractivity contribution in [3.8, 4) is 0 Å². The van der Waals surface area contributed by atoms with E-state index in [4.69, 9.17) is 4.99 Å². The Balaban J connectivity index is 1.80. The van der Waals surface area contributed by atoms with Gasteiger partial charge in [-0.1, -0.05) is 19.9 Å². The molecule has 0 amide bonds. The van der Waals surface area contributed by atoms with Crippen LogP contribution in [0.3, 0.4) is 0 Å². The van der Waals surface area contributed by atoms with Crippen molar-refractivity contribution >= 4 is 22.3 Å². The first-order valence-electron chi connectivity index (χ1n) is 11.0. The number of hydrogen-bond acceptors (Lipinski definition) is 4. The lowest BCUT2D eigenvalue weighted by Gasteiger charge is -2.17. The molecule has 2 N–H and O–H groups in total. The molecule has 0 saturated carbocycles. The van der Waals surface area contributed by atoms with Gasteiger partial charge in [0.2, 0.25) is 0 Å². The van der Waals surface area contributed by atoms with Crippen LogP contribution in [-0.4, -0.2) is 44.1 Å². The molecule has 0 unspecified atom stereocenters. The molecule has 9 heteroatoms. The molecule has 2 heterocycles. The Kier molecular flexibility index (Phi) is 6.45. The van der Waals surface area contributed by atoms with Crippen LogP contribution in [0.25, 0.3) is 10.9 Å². The van der Waals surface area contributed by atoms with Crippen molar-refractivity contribution in [1.29, 1.82) is 0 Å². The van der Waals surface area contributed by atoms with E-state index in [1.165, 1.54) is 6.20 Å². The van der Waals surface area contributed by atoms with Gasteiger partial charge < -0.3 is 0 Å². The van der Waals surface area contributed by atoms with Gasteiger partial charge in [0.1, 0.15) is 5.69 Å². The summed E-state index contributed by atoms with van der Waals surface area (Å²) in [6, 6.07) is 5.54. The van der Waals surface area contributed by atoms with Gasteiger partial charge in [0.15, 0.2) is 0 Å². The molecule has 0 radical (unpaired) electrons. The molecule has 0 bridgehead atoms. The first kappa shape index (κ1) is 22.3. The maximum absolute atomic E-state index is 13.6. The fourth-order valence-electron chi connectivity index (χ4n) is 4.08. The zero-order chi connectivity index (χ0) is 22.7. The van der Waals surface area contributed by atoms with Gasteiger partial charge in [-0.2, -0.15) is 23.4 Å². The van der Waals surface area contributed by atoms with Gasteiger partial charge in [-0.25, -0.2) is 4.99 Å². The van der Waals surface area contributed by atoms with Gasteiger partial charge in [-0.15, -0.1) is 0 Å². The molecule has 4 rings (SSSR count). The first-order chi connectivity index (χ1) is 15.4. The molecular formula is C23H27F3N6. The Morgan fingerprint density at radius 2 is 1.97 bits per heavy atom. The van der Waals surface area contributed by atoms with Crippen LogP contribution < -0.4 is 0 Å². The maximum atomic E-state index is 13.6. The molecule has 1 aliphatic carbocycles. The van der Waals surface area contributed by atoms with Crippen LogP contribution in [-0.2, 0) is 12.7 Å². The van der Waals surface area contributed by atoms with E-state index in [2.05, 4.69) is 39.1 Å². The summed E-state index contributed by atoms with van der Waals surface area (Å²) in [5.41, 5.74) is 2.66. The van der Waals surface area contributed by atoms with E-state index >= 15 is 0 Å². The smallest absolute Gasteiger partial charge is 0.298 e. The third kappa shape index (κ3) is 4.62. The van der Waals surface area contributed by atoms with Gasteiger partial charge in [0, 0.05) is 11.9 Å². The summed E-state index contributed by atoms with van der Waals surface area (Å²) in [6.07, 6.45) is 2.18. The van der Waals surface area contributed by atoms with Gasteiger partial charge in [-0.05, 0) is 62.5 Å². The van der Waals surface area contributed by atoms with E-state index in [0.717, 1.165) is 54.5 Å². The average Bonchev–Trinajstić information content (AvgIpc) is 3.43. The van der Waals surface area contributed by atoms with Crippen molar-refractivity contribution in [3.63, 3.8) is 0 Å². The van der Waals surface area contributed by atoms with E-state index in [9.17, 15) is 13.2 Å². The number of aromatic amines is 2. The molecule has 2 aromatic heterocycles. The minimum absolute atomic E-state index is 0.0127. The number of nitrogens with one attached hydrogen (secondary N) is 2. The number of allylic oxidation sites excluding steroid dienone is 2. The molecule has 170 valence electrons. The highest BCUT2D eigenvalue weighted by atomic mass is 19.4. The summed E-state index contributed by atoms with van der Waals surface area (Å²) in [4.78, 5) is 6.99. The van der Waals surface area contributed by atoms with Gasteiger partial charge in [0.05, 0.1) is 34.4 Å². The maximum Gasteiger partial charge on any atom is 0.433 e. The van der Waals surface area contributed by atoms with Crippen LogP contribution in [0, 0.1) is 0 Å². The Labute approximate surface area is 184 Å². The lowest BCUT2D eigenvalue weighted by molar-refractivity contribution is -0.141. The summed E-state index contributed by atoms with van der Waals surface area (Å²) in [7, 11) is 0. The van der Waals surface area contributed by atoms with Crippen molar-refractivity contribution < 1.29 is 13.2 Å². The lowest BCUT2D eigenvalue weighted by atomic mass is 9.92. The normalized spacial score (nSPS) is 15.6. The zero-order valence-electron chi connectivity index (χ0n) is 18.3. The highest BCUT2D eigenvalue weighted by Gasteiger charge is 2.37. The number of fused-ring (bicyclic) bond motifs is 1. The summed E-state index contributed by atoms with van der Waals surface area (Å²) < 4.78 is 40.8. The number of rotatable bonds is 7. The summed E-state index contributed by atoms with van der Waals surface area (Å²) in [5, 5.41) is 14.2. The number of alkyl halides is 3. The quantitative estimate of drug-likeness (QED) is 0.455. The van der Waals surface area contributed by atoms with Gasteiger partial charge in [0.25, 0.3) is 0 Å². The van der Waals surface area contributed by atoms with E-state index in [0.29, 0.717) is 24.4 Å². The van der Waals surface area contributed by atoms with Gasteiger partial charge >= 0.3 is 6.18 Å². The lowest BCUT2D eigenvalue weighted by Crippen LogP contribution is -2.22. The highest BCUT2D eigenvalue weighted by molar-refractivity contribution is 6.14. The number of benzene rings is 1. The molecule has 3 aromatic rings. The van der Waals surface area contributed by atoms with Crippen molar-refractivity contribution in [1.82, 2.24) is 25.3 Å². The van der Waals surface area contributed by atoms with Crippen molar-refractivity contribution in [2.75, 3.05) is 13.1 Å². The largest absolute Gasteiger partial charge is 0.433 e. The number of aliphatic imine (C=N–C) groups is 1. The monoisotopic (exact) mass is 444 g/mol. The minimum atomic E-state index is -4.53. The molecule has 1 aliphatic rings. The second-order valence-corrected chi connectivity index (χ2v) is 7.96. The molecule has 0 saturated heterocycles. The molecule has 32 heavy (non-hydrogen) atoms. The Bertz CT molecular complexity index is 1130. The van der Waals surface area contributed by atoms with Crippen LogP contribution >= 0.6 is 0 Å². The number of aromatic nitrogens is 4. The molecule has 6 nitrogen and oxygen atoms in total. The van der Waals surface area contributed by atoms with E-state index < -0.39 is 11.9 Å². The topological polar surface area (TPSA) is 73.0 Å². The molecule has 0 spiro atoms. The Morgan fingerprint density at radius 1 is 1.16 bits per heavy atom. The van der Waals surface area contributed by atoms with Crippen molar-refractivity contribution in [2.24, 2.45) is 4.99 Å².